The number of hydrogen-bond donors (Lipinski definition) is 2. The number of carbonyl (C=O) groups excluding carboxylic acids is 1. The van der Waals surface area contributed by atoms with Crippen LogP contribution in [0.15, 0.2) is 47.4 Å². The molecular weight excluding hydrogens is 495 g/mol. The predicted molar refractivity (Wildman–Crippen MR) is 134 cm³/mol. The van der Waals surface area contributed by atoms with Gasteiger partial charge in [0.2, 0.25) is 5.91 Å². The minimum absolute atomic E-state index is 0.0868. The smallest absolute Gasteiger partial charge is 0.264 e. The van der Waals surface area contributed by atoms with E-state index >= 15 is 0 Å². The van der Waals surface area contributed by atoms with Crippen molar-refractivity contribution < 1.29 is 17.9 Å². The molecule has 1 saturated heterocycles. The number of rotatable bonds is 6. The largest absolute Gasteiger partial charge is 0.490 e. The molecule has 34 heavy (non-hydrogen) atoms. The zero-order valence-corrected chi connectivity index (χ0v) is 21.4. The van der Waals surface area contributed by atoms with E-state index in [-0.39, 0.29) is 16.9 Å². The van der Waals surface area contributed by atoms with Crippen LogP contribution in [0.2, 0.25) is 10.0 Å². The number of piperidine rings is 1. The monoisotopic (exact) mass is 524 g/mol. The van der Waals surface area contributed by atoms with Crippen molar-refractivity contribution >= 4 is 39.1 Å². The molecule has 2 aliphatic rings. The van der Waals surface area contributed by atoms with Gasteiger partial charge >= 0.3 is 0 Å². The molecule has 0 aromatic heterocycles. The first-order valence-electron chi connectivity index (χ1n) is 11.7. The van der Waals surface area contributed by atoms with Gasteiger partial charge in [-0.3, -0.25) is 4.79 Å². The summed E-state index contributed by atoms with van der Waals surface area (Å²) in [6, 6.07) is 12.3. The molecule has 0 spiro atoms. The van der Waals surface area contributed by atoms with E-state index in [0.717, 1.165) is 38.0 Å². The first-order valence-corrected chi connectivity index (χ1v) is 13.9. The van der Waals surface area contributed by atoms with E-state index in [1.165, 1.54) is 6.07 Å². The fraction of sp³-hybridized carbons (Fsp3) is 0.480. The lowest BCUT2D eigenvalue weighted by Crippen LogP contribution is -2.48. The molecule has 0 radical (unpaired) electrons. The zero-order valence-electron chi connectivity index (χ0n) is 19.1. The van der Waals surface area contributed by atoms with Gasteiger partial charge in [-0.05, 0) is 81.7 Å². The van der Waals surface area contributed by atoms with Crippen molar-refractivity contribution in [2.75, 3.05) is 6.54 Å². The number of nitrogens with one attached hydrogen (secondary N) is 2. The highest BCUT2D eigenvalue weighted by atomic mass is 35.5. The van der Waals surface area contributed by atoms with E-state index in [4.69, 9.17) is 27.9 Å². The summed E-state index contributed by atoms with van der Waals surface area (Å²) in [6.07, 6.45) is 4.98. The summed E-state index contributed by atoms with van der Waals surface area (Å²) in [5.74, 6) is 0.452. The lowest BCUT2D eigenvalue weighted by molar-refractivity contribution is -0.124. The van der Waals surface area contributed by atoms with Crippen molar-refractivity contribution in [3.63, 3.8) is 0 Å². The molecule has 6 nitrogen and oxygen atoms in total. The fourth-order valence-corrected chi connectivity index (χ4v) is 6.61. The van der Waals surface area contributed by atoms with Crippen LogP contribution in [-0.4, -0.2) is 33.0 Å². The highest BCUT2D eigenvalue weighted by Gasteiger charge is 2.35. The molecule has 0 bridgehead atoms. The van der Waals surface area contributed by atoms with Gasteiger partial charge in [0.05, 0.1) is 14.9 Å². The van der Waals surface area contributed by atoms with Gasteiger partial charge in [0, 0.05) is 18.0 Å². The number of ether oxygens (including phenoxy) is 1. The summed E-state index contributed by atoms with van der Waals surface area (Å²) in [6.45, 7) is 2.59. The molecule has 184 valence electrons. The van der Waals surface area contributed by atoms with E-state index in [0.29, 0.717) is 40.4 Å². The van der Waals surface area contributed by atoms with Crippen LogP contribution in [0.4, 0.5) is 0 Å². The Morgan fingerprint density at radius 1 is 1.03 bits per heavy atom. The average Bonchev–Trinajstić information content (AvgIpc) is 2.82. The van der Waals surface area contributed by atoms with Gasteiger partial charge in [-0.15, -0.1) is 0 Å². The Labute approximate surface area is 211 Å². The van der Waals surface area contributed by atoms with Crippen molar-refractivity contribution in [3.05, 3.63) is 58.1 Å². The van der Waals surface area contributed by atoms with Gasteiger partial charge in [0.25, 0.3) is 10.0 Å². The molecule has 1 heterocycles. The van der Waals surface area contributed by atoms with Crippen molar-refractivity contribution in [1.29, 1.82) is 0 Å². The summed E-state index contributed by atoms with van der Waals surface area (Å²) < 4.78 is 33.8. The standard InChI is InChI=1S/C25H30Cl2N2O4S/c1-16-4-2-3-5-24(16)34(31,32)29-25(30)18-8-6-17(7-9-18)23-15-20(12-13-28-23)33-19-10-11-21(26)22(27)14-19/h2-5,10-11,14,17-18,20,23,28H,6-9,12-13,15H2,1H3,(H,29,30)/t17-,18-,20?,23?. The van der Waals surface area contributed by atoms with Crippen LogP contribution in [0, 0.1) is 18.8 Å². The van der Waals surface area contributed by atoms with Crippen LogP contribution in [-0.2, 0) is 14.8 Å². The Bertz CT molecular complexity index is 1130. The molecule has 1 aliphatic carbocycles. The normalized spacial score (nSPS) is 25.5. The molecule has 2 atom stereocenters. The molecule has 1 aliphatic heterocycles. The van der Waals surface area contributed by atoms with E-state index in [2.05, 4.69) is 10.0 Å². The molecular formula is C25H30Cl2N2O4S. The second-order valence-electron chi connectivity index (χ2n) is 9.25. The number of carbonyl (C=O) groups is 1. The fourth-order valence-electron chi connectivity index (χ4n) is 5.04. The minimum atomic E-state index is -3.86. The Kier molecular flexibility index (Phi) is 8.08. The number of sulfonamides is 1. The van der Waals surface area contributed by atoms with Crippen LogP contribution < -0.4 is 14.8 Å². The van der Waals surface area contributed by atoms with Crippen LogP contribution >= 0.6 is 23.2 Å². The molecule has 2 aromatic rings. The average molecular weight is 525 g/mol. The van der Waals surface area contributed by atoms with E-state index in [1.807, 2.05) is 6.07 Å². The Morgan fingerprint density at radius 3 is 2.47 bits per heavy atom. The number of aryl methyl sites for hydroxylation is 1. The van der Waals surface area contributed by atoms with Gasteiger partial charge in [-0.2, -0.15) is 0 Å². The third-order valence-electron chi connectivity index (χ3n) is 6.91. The molecule has 2 unspecified atom stereocenters. The van der Waals surface area contributed by atoms with Gasteiger partial charge in [-0.1, -0.05) is 41.4 Å². The maximum absolute atomic E-state index is 12.7. The van der Waals surface area contributed by atoms with E-state index in [1.54, 1.807) is 37.3 Å². The molecule has 4 rings (SSSR count). The maximum Gasteiger partial charge on any atom is 0.264 e. The van der Waals surface area contributed by atoms with Crippen LogP contribution in [0.5, 0.6) is 5.75 Å². The first-order chi connectivity index (χ1) is 16.2. The molecule has 2 fully saturated rings. The third-order valence-corrected chi connectivity index (χ3v) is 9.16. The highest BCUT2D eigenvalue weighted by Crippen LogP contribution is 2.35. The van der Waals surface area contributed by atoms with E-state index < -0.39 is 15.9 Å². The quantitative estimate of drug-likeness (QED) is 0.548. The predicted octanol–water partition coefficient (Wildman–Crippen LogP) is 5.11. The van der Waals surface area contributed by atoms with Crippen LogP contribution in [0.1, 0.15) is 44.1 Å². The lowest BCUT2D eigenvalue weighted by Gasteiger charge is -2.38. The number of hydrogen-bond acceptors (Lipinski definition) is 5. The second-order valence-corrected chi connectivity index (χ2v) is 11.7. The summed E-state index contributed by atoms with van der Waals surface area (Å²) >= 11 is 12.1. The van der Waals surface area contributed by atoms with Crippen LogP contribution in [0.25, 0.3) is 0 Å². The topological polar surface area (TPSA) is 84.5 Å². The van der Waals surface area contributed by atoms with Crippen molar-refractivity contribution in [3.8, 4) is 5.75 Å². The first kappa shape index (κ1) is 25.3. The van der Waals surface area contributed by atoms with Gasteiger partial charge in [0.15, 0.2) is 0 Å². The lowest BCUT2D eigenvalue weighted by atomic mass is 9.76. The molecule has 1 amide bonds. The van der Waals surface area contributed by atoms with Crippen molar-refractivity contribution in [2.24, 2.45) is 11.8 Å². The Balaban J connectivity index is 1.29. The minimum Gasteiger partial charge on any atom is -0.490 e. The Morgan fingerprint density at radius 2 is 1.76 bits per heavy atom. The van der Waals surface area contributed by atoms with Gasteiger partial charge in [0.1, 0.15) is 11.9 Å². The summed E-state index contributed by atoms with van der Waals surface area (Å²) in [7, 11) is -3.86. The summed E-state index contributed by atoms with van der Waals surface area (Å²) in [4.78, 5) is 12.9. The SMILES string of the molecule is Cc1ccccc1S(=O)(=O)NC(=O)[C@H]1CC[C@H](C2CC(Oc3ccc(Cl)c(Cl)c3)CCN2)CC1. The zero-order chi connectivity index (χ0) is 24.3. The van der Waals surface area contributed by atoms with Crippen molar-refractivity contribution in [2.45, 2.75) is 62.5 Å². The number of halogens is 2. The second kappa shape index (κ2) is 10.9. The molecule has 1 saturated carbocycles. The summed E-state index contributed by atoms with van der Waals surface area (Å²) in [5, 5.41) is 4.59. The maximum atomic E-state index is 12.7. The third kappa shape index (κ3) is 6.06. The number of benzene rings is 2. The highest BCUT2D eigenvalue weighted by molar-refractivity contribution is 7.90. The van der Waals surface area contributed by atoms with E-state index in [9.17, 15) is 13.2 Å². The van der Waals surface area contributed by atoms with Gasteiger partial charge < -0.3 is 10.1 Å². The van der Waals surface area contributed by atoms with Crippen molar-refractivity contribution in [1.82, 2.24) is 10.0 Å². The molecule has 9 heteroatoms. The van der Waals surface area contributed by atoms with Crippen LogP contribution in [0.3, 0.4) is 0 Å². The number of amides is 1. The van der Waals surface area contributed by atoms with Gasteiger partial charge in [-0.25, -0.2) is 13.1 Å². The Hall–Kier alpha value is -1.80. The summed E-state index contributed by atoms with van der Waals surface area (Å²) in [5.41, 5.74) is 0.618. The molecule has 2 N–H and O–H groups in total. The molecule has 2 aromatic carbocycles.